The largest absolute Gasteiger partial charge is 0.495 e. The third-order valence-electron chi connectivity index (χ3n) is 4.66. The molecule has 1 atom stereocenters. The number of thiazole rings is 1. The number of benzene rings is 1. The Morgan fingerprint density at radius 3 is 2.96 bits per heavy atom. The first kappa shape index (κ1) is 19.5. The highest BCUT2D eigenvalue weighted by atomic mass is 32.1. The summed E-state index contributed by atoms with van der Waals surface area (Å²) < 4.78 is 5.51. The van der Waals surface area contributed by atoms with Gasteiger partial charge in [0.05, 0.1) is 19.3 Å². The number of aryl methyl sites for hydroxylation is 1. The lowest BCUT2D eigenvalue weighted by atomic mass is 10.1. The third-order valence-corrected chi connectivity index (χ3v) is 5.55. The number of hydrogen-bond acceptors (Lipinski definition) is 5. The van der Waals surface area contributed by atoms with Crippen molar-refractivity contribution in [1.29, 1.82) is 0 Å². The van der Waals surface area contributed by atoms with Crippen molar-refractivity contribution in [3.05, 3.63) is 40.3 Å². The second-order valence-corrected chi connectivity index (χ2v) is 8.03. The summed E-state index contributed by atoms with van der Waals surface area (Å²) in [6, 6.07) is 8.24. The van der Waals surface area contributed by atoms with Gasteiger partial charge in [0.15, 0.2) is 5.96 Å². The van der Waals surface area contributed by atoms with E-state index < -0.39 is 0 Å². The molecule has 0 aliphatic carbocycles. The van der Waals surface area contributed by atoms with Gasteiger partial charge in [0.1, 0.15) is 10.8 Å². The lowest BCUT2D eigenvalue weighted by Gasteiger charge is -2.21. The fourth-order valence-corrected chi connectivity index (χ4v) is 4.02. The van der Waals surface area contributed by atoms with Crippen LogP contribution in [0, 0.1) is 12.8 Å². The molecule has 1 fully saturated rings. The molecule has 0 saturated carbocycles. The normalized spacial score (nSPS) is 17.2. The van der Waals surface area contributed by atoms with Gasteiger partial charge >= 0.3 is 0 Å². The Balaban J connectivity index is 1.53. The number of methoxy groups -OCH3 is 1. The number of ether oxygens (including phenoxy) is 1. The lowest BCUT2D eigenvalue weighted by Crippen LogP contribution is -2.40. The molecule has 6 nitrogen and oxygen atoms in total. The number of nitrogens with zero attached hydrogens (tertiary/aromatic N) is 3. The van der Waals surface area contributed by atoms with Gasteiger partial charge < -0.3 is 20.3 Å². The van der Waals surface area contributed by atoms with Crippen molar-refractivity contribution >= 4 is 23.0 Å². The Labute approximate surface area is 165 Å². The molecule has 146 valence electrons. The molecule has 0 radical (unpaired) electrons. The Morgan fingerprint density at radius 2 is 2.22 bits per heavy atom. The maximum Gasteiger partial charge on any atom is 0.191 e. The number of aromatic nitrogens is 1. The molecule has 1 unspecified atom stereocenters. The highest BCUT2D eigenvalue weighted by molar-refractivity contribution is 7.11. The van der Waals surface area contributed by atoms with Crippen LogP contribution in [0.4, 0.5) is 5.69 Å². The minimum Gasteiger partial charge on any atom is -0.495 e. The monoisotopic (exact) mass is 387 g/mol. The number of hydrogen-bond donors (Lipinski definition) is 2. The number of rotatable bonds is 7. The van der Waals surface area contributed by atoms with Gasteiger partial charge in [-0.25, -0.2) is 9.98 Å². The molecular weight excluding hydrogens is 358 g/mol. The summed E-state index contributed by atoms with van der Waals surface area (Å²) in [6.07, 6.45) is 3.07. The second kappa shape index (κ2) is 9.60. The van der Waals surface area contributed by atoms with Crippen LogP contribution in [0.1, 0.15) is 23.2 Å². The zero-order valence-electron chi connectivity index (χ0n) is 16.4. The quantitative estimate of drug-likeness (QED) is 0.565. The minimum absolute atomic E-state index is 0.584. The fraction of sp³-hybridized carbons (Fsp3) is 0.500. The molecule has 3 rings (SSSR count). The van der Waals surface area contributed by atoms with Crippen LogP contribution in [0.2, 0.25) is 0 Å². The zero-order valence-corrected chi connectivity index (χ0v) is 17.2. The van der Waals surface area contributed by atoms with Crippen LogP contribution in [0.5, 0.6) is 5.75 Å². The van der Waals surface area contributed by atoms with Crippen LogP contribution in [0.25, 0.3) is 0 Å². The summed E-state index contributed by atoms with van der Waals surface area (Å²) >= 11 is 1.70. The predicted molar refractivity (Wildman–Crippen MR) is 113 cm³/mol. The van der Waals surface area contributed by atoms with E-state index in [9.17, 15) is 0 Å². The van der Waals surface area contributed by atoms with Gasteiger partial charge in [0.2, 0.25) is 0 Å². The Bertz CT molecular complexity index is 760. The lowest BCUT2D eigenvalue weighted by molar-refractivity contribution is 0.414. The van der Waals surface area contributed by atoms with E-state index >= 15 is 0 Å². The summed E-state index contributed by atoms with van der Waals surface area (Å²) in [7, 11) is 1.73. The Morgan fingerprint density at radius 1 is 1.37 bits per heavy atom. The van der Waals surface area contributed by atoms with Crippen molar-refractivity contribution in [3.8, 4) is 5.75 Å². The minimum atomic E-state index is 0.584. The summed E-state index contributed by atoms with van der Waals surface area (Å²) in [4.78, 5) is 12.7. The van der Waals surface area contributed by atoms with Crippen LogP contribution in [0.15, 0.2) is 35.5 Å². The van der Waals surface area contributed by atoms with E-state index in [4.69, 9.17) is 4.74 Å². The van der Waals surface area contributed by atoms with Gasteiger partial charge in [-0.05, 0) is 38.3 Å². The van der Waals surface area contributed by atoms with E-state index in [1.807, 2.05) is 18.3 Å². The van der Waals surface area contributed by atoms with E-state index in [-0.39, 0.29) is 0 Å². The van der Waals surface area contributed by atoms with Gasteiger partial charge in [-0.15, -0.1) is 11.3 Å². The molecule has 1 aliphatic rings. The average molecular weight is 388 g/mol. The van der Waals surface area contributed by atoms with Crippen molar-refractivity contribution in [2.24, 2.45) is 10.9 Å². The van der Waals surface area contributed by atoms with Crippen molar-refractivity contribution in [2.45, 2.75) is 26.8 Å². The third kappa shape index (κ3) is 5.35. The van der Waals surface area contributed by atoms with E-state index in [2.05, 4.69) is 51.5 Å². The highest BCUT2D eigenvalue weighted by Crippen LogP contribution is 2.31. The SMILES string of the molecule is CCNC(=NCc1ncc(C)s1)NCC1CCN(c2ccccc2OC)C1. The topological polar surface area (TPSA) is 61.8 Å². The first-order valence-corrected chi connectivity index (χ1v) is 10.3. The molecule has 27 heavy (non-hydrogen) atoms. The maximum atomic E-state index is 5.51. The fourth-order valence-electron chi connectivity index (χ4n) is 3.31. The smallest absolute Gasteiger partial charge is 0.191 e. The zero-order chi connectivity index (χ0) is 19.1. The molecule has 7 heteroatoms. The van der Waals surface area contributed by atoms with Crippen LogP contribution in [0.3, 0.4) is 0 Å². The Kier molecular flexibility index (Phi) is 6.92. The van der Waals surface area contributed by atoms with Gasteiger partial charge in [-0.2, -0.15) is 0 Å². The van der Waals surface area contributed by atoms with E-state index in [1.54, 1.807) is 18.4 Å². The van der Waals surface area contributed by atoms with Crippen molar-refractivity contribution in [3.63, 3.8) is 0 Å². The number of anilines is 1. The summed E-state index contributed by atoms with van der Waals surface area (Å²) in [5, 5.41) is 7.87. The second-order valence-electron chi connectivity index (χ2n) is 6.71. The number of nitrogens with one attached hydrogen (secondary N) is 2. The number of guanidine groups is 1. The van der Waals surface area contributed by atoms with Crippen molar-refractivity contribution < 1.29 is 4.74 Å². The standard InChI is InChI=1S/C20H29N5OS/c1-4-21-20(24-13-19-22-11-15(2)27-19)23-12-16-9-10-25(14-16)17-7-5-6-8-18(17)26-3/h5-8,11,16H,4,9-10,12-14H2,1-3H3,(H2,21,23,24). The van der Waals surface area contributed by atoms with E-state index in [0.29, 0.717) is 12.5 Å². The molecule has 0 amide bonds. The molecule has 1 saturated heterocycles. The molecule has 1 aliphatic heterocycles. The molecule has 0 bridgehead atoms. The summed E-state index contributed by atoms with van der Waals surface area (Å²) in [5.74, 6) is 2.39. The van der Waals surface area contributed by atoms with Crippen LogP contribution in [-0.2, 0) is 6.54 Å². The molecule has 2 heterocycles. The van der Waals surface area contributed by atoms with Crippen molar-refractivity contribution in [2.75, 3.05) is 38.2 Å². The Hall–Kier alpha value is -2.28. The number of aliphatic imine (C=N–C) groups is 1. The van der Waals surface area contributed by atoms with Gasteiger partial charge in [0, 0.05) is 37.3 Å². The van der Waals surface area contributed by atoms with Crippen LogP contribution in [-0.4, -0.2) is 44.2 Å². The molecule has 2 aromatic rings. The van der Waals surface area contributed by atoms with Gasteiger partial charge in [-0.1, -0.05) is 12.1 Å². The first-order valence-electron chi connectivity index (χ1n) is 9.51. The molecule has 1 aromatic heterocycles. The molecule has 1 aromatic carbocycles. The van der Waals surface area contributed by atoms with Gasteiger partial charge in [0.25, 0.3) is 0 Å². The maximum absolute atomic E-state index is 5.51. The van der Waals surface area contributed by atoms with Crippen LogP contribution < -0.4 is 20.3 Å². The molecule has 2 N–H and O–H groups in total. The number of para-hydroxylation sites is 2. The summed E-state index contributed by atoms with van der Waals surface area (Å²) in [6.45, 7) is 8.61. The van der Waals surface area contributed by atoms with E-state index in [0.717, 1.165) is 49.3 Å². The highest BCUT2D eigenvalue weighted by Gasteiger charge is 2.24. The predicted octanol–water partition coefficient (Wildman–Crippen LogP) is 3.04. The van der Waals surface area contributed by atoms with Crippen LogP contribution >= 0.6 is 11.3 Å². The summed E-state index contributed by atoms with van der Waals surface area (Å²) in [5.41, 5.74) is 1.18. The van der Waals surface area contributed by atoms with Crippen molar-refractivity contribution in [1.82, 2.24) is 15.6 Å². The van der Waals surface area contributed by atoms with E-state index in [1.165, 1.54) is 10.6 Å². The molecular formula is C20H29N5OS. The average Bonchev–Trinajstić information content (AvgIpc) is 3.33. The van der Waals surface area contributed by atoms with Gasteiger partial charge in [-0.3, -0.25) is 0 Å². The first-order chi connectivity index (χ1) is 13.2. The molecule has 0 spiro atoms.